The van der Waals surface area contributed by atoms with Crippen LogP contribution in [0, 0.1) is 17.3 Å². The highest BCUT2D eigenvalue weighted by Crippen LogP contribution is 2.62. The summed E-state index contributed by atoms with van der Waals surface area (Å²) in [6.45, 7) is 0. The first kappa shape index (κ1) is 10.6. The Morgan fingerprint density at radius 3 is 2.06 bits per heavy atom. The molecule has 0 aromatic rings. The summed E-state index contributed by atoms with van der Waals surface area (Å²) in [5.41, 5.74) is -1.69. The van der Waals surface area contributed by atoms with Gasteiger partial charge in [0.1, 0.15) is 0 Å². The van der Waals surface area contributed by atoms with E-state index in [9.17, 15) is 15.0 Å². The van der Waals surface area contributed by atoms with E-state index < -0.39 is 17.0 Å². The number of carboxylic acid groups (broad SMARTS) is 1. The Balaban J connectivity index is 2.00. The fourth-order valence-electron chi connectivity index (χ4n) is 4.47. The predicted octanol–water partition coefficient (Wildman–Crippen LogP) is 2.18. The first-order valence-electron chi connectivity index (χ1n) is 6.54. The number of rotatable bonds is 2. The summed E-state index contributed by atoms with van der Waals surface area (Å²) in [6, 6.07) is 0. The normalized spacial score (nSPS) is 45.1. The van der Waals surface area contributed by atoms with Crippen LogP contribution in [0.25, 0.3) is 0 Å². The summed E-state index contributed by atoms with van der Waals surface area (Å²) in [5.74, 6) is 0.0372. The molecular formula is C13H20O3. The molecule has 3 nitrogen and oxygen atoms in total. The van der Waals surface area contributed by atoms with E-state index in [1.807, 2.05) is 0 Å². The summed E-state index contributed by atoms with van der Waals surface area (Å²) >= 11 is 0. The largest absolute Gasteiger partial charge is 0.481 e. The SMILES string of the molecule is O=C(O)C1(C2(O)CCC2)CC2CCC1CC2. The highest BCUT2D eigenvalue weighted by molar-refractivity contribution is 5.77. The summed E-state index contributed by atoms with van der Waals surface area (Å²) in [4.78, 5) is 11.7. The maximum absolute atomic E-state index is 11.7. The summed E-state index contributed by atoms with van der Waals surface area (Å²) in [6.07, 6.45) is 7.49. The van der Waals surface area contributed by atoms with Gasteiger partial charge < -0.3 is 10.2 Å². The Hall–Kier alpha value is -0.570. The molecule has 3 heteroatoms. The highest BCUT2D eigenvalue weighted by atomic mass is 16.4. The second-order valence-corrected chi connectivity index (χ2v) is 6.08. The number of hydrogen-bond acceptors (Lipinski definition) is 2. The molecule has 16 heavy (non-hydrogen) atoms. The van der Waals surface area contributed by atoms with Gasteiger partial charge in [0.05, 0.1) is 11.0 Å². The van der Waals surface area contributed by atoms with Crippen molar-refractivity contribution < 1.29 is 15.0 Å². The molecule has 90 valence electrons. The van der Waals surface area contributed by atoms with Crippen LogP contribution in [0.3, 0.4) is 0 Å². The molecule has 0 aliphatic heterocycles. The topological polar surface area (TPSA) is 57.5 Å². The monoisotopic (exact) mass is 224 g/mol. The maximum atomic E-state index is 11.7. The molecule has 0 heterocycles. The van der Waals surface area contributed by atoms with Crippen LogP contribution in [0.15, 0.2) is 0 Å². The predicted molar refractivity (Wildman–Crippen MR) is 58.9 cm³/mol. The molecule has 4 saturated carbocycles. The van der Waals surface area contributed by atoms with E-state index >= 15 is 0 Å². The lowest BCUT2D eigenvalue weighted by molar-refractivity contribution is -0.218. The third-order valence-electron chi connectivity index (χ3n) is 5.55. The molecule has 0 amide bonds. The van der Waals surface area contributed by atoms with Crippen LogP contribution >= 0.6 is 0 Å². The van der Waals surface area contributed by atoms with Crippen LogP contribution in [0.1, 0.15) is 51.4 Å². The van der Waals surface area contributed by atoms with E-state index in [-0.39, 0.29) is 5.92 Å². The molecule has 2 bridgehead atoms. The Bertz CT molecular complexity index is 313. The molecule has 2 N–H and O–H groups in total. The summed E-state index contributed by atoms with van der Waals surface area (Å²) in [5, 5.41) is 20.2. The van der Waals surface area contributed by atoms with E-state index in [0.717, 1.165) is 25.7 Å². The molecule has 0 saturated heterocycles. The number of aliphatic hydroxyl groups is 1. The molecule has 4 aliphatic carbocycles. The van der Waals surface area contributed by atoms with E-state index in [2.05, 4.69) is 0 Å². The number of hydrogen-bond donors (Lipinski definition) is 2. The third kappa shape index (κ3) is 1.10. The van der Waals surface area contributed by atoms with Gasteiger partial charge in [0, 0.05) is 0 Å². The zero-order valence-electron chi connectivity index (χ0n) is 9.61. The van der Waals surface area contributed by atoms with Crippen LogP contribution in [0.4, 0.5) is 0 Å². The smallest absolute Gasteiger partial charge is 0.312 e. The third-order valence-corrected chi connectivity index (χ3v) is 5.55. The van der Waals surface area contributed by atoms with Gasteiger partial charge in [-0.3, -0.25) is 4.79 Å². The van der Waals surface area contributed by atoms with E-state index in [1.165, 1.54) is 12.8 Å². The van der Waals surface area contributed by atoms with Gasteiger partial charge in [0.25, 0.3) is 0 Å². The van der Waals surface area contributed by atoms with Crippen molar-refractivity contribution >= 4 is 5.97 Å². The molecule has 1 unspecified atom stereocenters. The Morgan fingerprint density at radius 2 is 1.75 bits per heavy atom. The van der Waals surface area contributed by atoms with Gasteiger partial charge in [-0.15, -0.1) is 0 Å². The van der Waals surface area contributed by atoms with Crippen molar-refractivity contribution in [2.75, 3.05) is 0 Å². The number of carboxylic acids is 1. The molecular weight excluding hydrogens is 204 g/mol. The minimum atomic E-state index is -0.886. The average molecular weight is 224 g/mol. The second-order valence-electron chi connectivity index (χ2n) is 6.08. The molecule has 4 rings (SSSR count). The first-order valence-corrected chi connectivity index (χ1v) is 6.54. The van der Waals surface area contributed by atoms with Gasteiger partial charge in [-0.2, -0.15) is 0 Å². The molecule has 1 atom stereocenters. The number of aliphatic carboxylic acids is 1. The Kier molecular flexibility index (Phi) is 2.13. The van der Waals surface area contributed by atoms with Crippen molar-refractivity contribution in [2.24, 2.45) is 17.3 Å². The van der Waals surface area contributed by atoms with Crippen LogP contribution in [0.2, 0.25) is 0 Å². The van der Waals surface area contributed by atoms with Gasteiger partial charge in [0.15, 0.2) is 0 Å². The van der Waals surface area contributed by atoms with Gasteiger partial charge in [-0.1, -0.05) is 12.8 Å². The molecule has 0 radical (unpaired) electrons. The van der Waals surface area contributed by atoms with Gasteiger partial charge in [-0.25, -0.2) is 0 Å². The summed E-state index contributed by atoms with van der Waals surface area (Å²) in [7, 11) is 0. The van der Waals surface area contributed by atoms with Crippen molar-refractivity contribution in [3.63, 3.8) is 0 Å². The van der Waals surface area contributed by atoms with Crippen LogP contribution < -0.4 is 0 Å². The van der Waals surface area contributed by atoms with Crippen molar-refractivity contribution in [2.45, 2.75) is 57.0 Å². The molecule has 4 fully saturated rings. The fraction of sp³-hybridized carbons (Fsp3) is 0.923. The molecule has 0 aromatic heterocycles. The van der Waals surface area contributed by atoms with E-state index in [4.69, 9.17) is 0 Å². The Morgan fingerprint density at radius 1 is 1.12 bits per heavy atom. The molecule has 0 aromatic carbocycles. The standard InChI is InChI=1S/C13H20O3/c14-11(15)13(12(16)6-1-7-12)8-9-2-4-10(13)5-3-9/h9-10,16H,1-8H2,(H,14,15). The number of fused-ring (bicyclic) bond motifs is 3. The van der Waals surface area contributed by atoms with Gasteiger partial charge >= 0.3 is 5.97 Å². The minimum absolute atomic E-state index is 0.222. The average Bonchev–Trinajstić information content (AvgIpc) is 2.26. The first-order chi connectivity index (χ1) is 7.58. The van der Waals surface area contributed by atoms with Crippen LogP contribution in [-0.4, -0.2) is 21.8 Å². The summed E-state index contributed by atoms with van der Waals surface area (Å²) < 4.78 is 0. The zero-order valence-corrected chi connectivity index (χ0v) is 9.61. The molecule has 4 aliphatic rings. The van der Waals surface area contributed by atoms with Gasteiger partial charge in [-0.05, 0) is 50.4 Å². The minimum Gasteiger partial charge on any atom is -0.481 e. The lowest BCUT2D eigenvalue weighted by Gasteiger charge is -2.59. The second kappa shape index (κ2) is 3.22. The van der Waals surface area contributed by atoms with E-state index in [0.29, 0.717) is 18.8 Å². The van der Waals surface area contributed by atoms with Crippen molar-refractivity contribution in [3.05, 3.63) is 0 Å². The van der Waals surface area contributed by atoms with Crippen molar-refractivity contribution in [1.29, 1.82) is 0 Å². The Labute approximate surface area is 95.9 Å². The molecule has 0 spiro atoms. The maximum Gasteiger partial charge on any atom is 0.312 e. The highest BCUT2D eigenvalue weighted by Gasteiger charge is 2.65. The number of carbonyl (C=O) groups is 1. The lowest BCUT2D eigenvalue weighted by atomic mass is 9.46. The van der Waals surface area contributed by atoms with Crippen LogP contribution in [0.5, 0.6) is 0 Å². The lowest BCUT2D eigenvalue weighted by Crippen LogP contribution is -2.64. The quantitative estimate of drug-likeness (QED) is 0.756. The van der Waals surface area contributed by atoms with E-state index in [1.54, 1.807) is 0 Å². The fourth-order valence-corrected chi connectivity index (χ4v) is 4.47. The zero-order chi connectivity index (χ0) is 11.4. The van der Waals surface area contributed by atoms with Crippen LogP contribution in [-0.2, 0) is 4.79 Å². The van der Waals surface area contributed by atoms with Gasteiger partial charge in [0.2, 0.25) is 0 Å². The van der Waals surface area contributed by atoms with Crippen molar-refractivity contribution in [1.82, 2.24) is 0 Å². The van der Waals surface area contributed by atoms with Crippen molar-refractivity contribution in [3.8, 4) is 0 Å².